The molecule has 1 rings (SSSR count). The lowest BCUT2D eigenvalue weighted by Gasteiger charge is -2.32. The smallest absolute Gasteiger partial charge is 0.0406 e. The molecule has 2 heteroatoms. The van der Waals surface area contributed by atoms with Crippen molar-refractivity contribution in [2.75, 3.05) is 6.54 Å². The molecule has 1 nitrogen and oxygen atoms in total. The van der Waals surface area contributed by atoms with Crippen LogP contribution in [0.4, 0.5) is 0 Å². The van der Waals surface area contributed by atoms with Crippen molar-refractivity contribution in [2.45, 2.75) is 47.1 Å². The predicted molar refractivity (Wildman–Crippen MR) is 81.1 cm³/mol. The molecular weight excluding hydrogens is 242 g/mol. The number of hydrogen-bond acceptors (Lipinski definition) is 1. The van der Waals surface area contributed by atoms with Gasteiger partial charge in [-0.1, -0.05) is 58.4 Å². The van der Waals surface area contributed by atoms with Crippen molar-refractivity contribution in [1.82, 2.24) is 5.32 Å². The van der Waals surface area contributed by atoms with E-state index in [0.717, 1.165) is 18.0 Å². The van der Waals surface area contributed by atoms with E-state index in [9.17, 15) is 0 Å². The Morgan fingerprint density at radius 3 is 2.17 bits per heavy atom. The molecule has 0 bridgehead atoms. The van der Waals surface area contributed by atoms with Crippen molar-refractivity contribution >= 4 is 11.6 Å². The van der Waals surface area contributed by atoms with Crippen LogP contribution in [0.15, 0.2) is 24.3 Å². The zero-order chi connectivity index (χ0) is 13.8. The van der Waals surface area contributed by atoms with Gasteiger partial charge in [0, 0.05) is 17.6 Å². The lowest BCUT2D eigenvalue weighted by Crippen LogP contribution is -2.35. The Balaban J connectivity index is 2.66. The van der Waals surface area contributed by atoms with Crippen LogP contribution in [0, 0.1) is 11.3 Å². The first-order valence-corrected chi connectivity index (χ1v) is 7.23. The first-order chi connectivity index (χ1) is 8.36. The van der Waals surface area contributed by atoms with E-state index in [1.54, 1.807) is 0 Å². The summed E-state index contributed by atoms with van der Waals surface area (Å²) in [7, 11) is 0. The molecule has 0 aliphatic rings. The van der Waals surface area contributed by atoms with E-state index in [-0.39, 0.29) is 0 Å². The lowest BCUT2D eigenvalue weighted by atomic mass is 9.81. The highest BCUT2D eigenvalue weighted by Gasteiger charge is 2.23. The molecule has 1 aromatic rings. The van der Waals surface area contributed by atoms with E-state index in [4.69, 9.17) is 11.6 Å². The molecular formula is C16H26ClN. The van der Waals surface area contributed by atoms with Crippen molar-refractivity contribution in [2.24, 2.45) is 11.3 Å². The van der Waals surface area contributed by atoms with Gasteiger partial charge in [-0.05, 0) is 35.4 Å². The highest BCUT2D eigenvalue weighted by atomic mass is 35.5. The molecule has 0 heterocycles. The molecule has 0 radical (unpaired) electrons. The third-order valence-corrected chi connectivity index (χ3v) is 4.30. The number of halogens is 1. The third kappa shape index (κ3) is 4.29. The van der Waals surface area contributed by atoms with Crippen LogP contribution in [-0.2, 0) is 0 Å². The summed E-state index contributed by atoms with van der Waals surface area (Å²) in [6.07, 6.45) is 1.09. The highest BCUT2D eigenvalue weighted by molar-refractivity contribution is 6.30. The molecule has 102 valence electrons. The second-order valence-electron chi connectivity index (χ2n) is 6.04. The monoisotopic (exact) mass is 267 g/mol. The van der Waals surface area contributed by atoms with Gasteiger partial charge >= 0.3 is 0 Å². The predicted octanol–water partition coefficient (Wildman–Crippen LogP) is 5.06. The van der Waals surface area contributed by atoms with Crippen LogP contribution in [0.3, 0.4) is 0 Å². The van der Waals surface area contributed by atoms with Crippen molar-refractivity contribution < 1.29 is 0 Å². The van der Waals surface area contributed by atoms with Crippen LogP contribution in [0.1, 0.15) is 52.6 Å². The number of hydrogen-bond donors (Lipinski definition) is 1. The highest BCUT2D eigenvalue weighted by Crippen LogP contribution is 2.27. The van der Waals surface area contributed by atoms with Crippen molar-refractivity contribution in [3.63, 3.8) is 0 Å². The summed E-state index contributed by atoms with van der Waals surface area (Å²) >= 11 is 5.93. The zero-order valence-electron chi connectivity index (χ0n) is 12.3. The molecule has 0 amide bonds. The molecule has 0 spiro atoms. The standard InChI is InChI=1S/C16H26ClN/c1-6-15(13-7-9-14(17)10-8-13)18-11-16(4,5)12(2)3/h7-10,12,15,18H,6,11H2,1-5H3. The first kappa shape index (κ1) is 15.5. The average molecular weight is 268 g/mol. The Hall–Kier alpha value is -0.530. The second-order valence-corrected chi connectivity index (χ2v) is 6.47. The number of benzene rings is 1. The summed E-state index contributed by atoms with van der Waals surface area (Å²) in [6, 6.07) is 8.58. The SMILES string of the molecule is CCC(NCC(C)(C)C(C)C)c1ccc(Cl)cc1. The van der Waals surface area contributed by atoms with Crippen LogP contribution < -0.4 is 5.32 Å². The first-order valence-electron chi connectivity index (χ1n) is 6.85. The summed E-state index contributed by atoms with van der Waals surface area (Å²) < 4.78 is 0. The van der Waals surface area contributed by atoms with Gasteiger partial charge in [-0.25, -0.2) is 0 Å². The number of nitrogens with one attached hydrogen (secondary N) is 1. The summed E-state index contributed by atoms with van der Waals surface area (Å²) in [5, 5.41) is 4.49. The van der Waals surface area contributed by atoms with E-state index < -0.39 is 0 Å². The van der Waals surface area contributed by atoms with Gasteiger partial charge in [0.1, 0.15) is 0 Å². The lowest BCUT2D eigenvalue weighted by molar-refractivity contribution is 0.227. The summed E-state index contributed by atoms with van der Waals surface area (Å²) in [4.78, 5) is 0. The maximum atomic E-state index is 5.93. The third-order valence-electron chi connectivity index (χ3n) is 4.05. The van der Waals surface area contributed by atoms with Crippen molar-refractivity contribution in [3.05, 3.63) is 34.9 Å². The van der Waals surface area contributed by atoms with Gasteiger partial charge in [0.05, 0.1) is 0 Å². The van der Waals surface area contributed by atoms with Crippen LogP contribution in [0.5, 0.6) is 0 Å². The minimum Gasteiger partial charge on any atom is -0.309 e. The van der Waals surface area contributed by atoms with Crippen molar-refractivity contribution in [3.8, 4) is 0 Å². The zero-order valence-corrected chi connectivity index (χ0v) is 13.0. The van der Waals surface area contributed by atoms with Crippen LogP contribution >= 0.6 is 11.6 Å². The molecule has 18 heavy (non-hydrogen) atoms. The van der Waals surface area contributed by atoms with Gasteiger partial charge in [-0.2, -0.15) is 0 Å². The second kappa shape index (κ2) is 6.58. The summed E-state index contributed by atoms with van der Waals surface area (Å²) in [5.41, 5.74) is 1.64. The normalized spacial score (nSPS) is 13.9. The molecule has 0 saturated carbocycles. The quantitative estimate of drug-likeness (QED) is 0.759. The van der Waals surface area contributed by atoms with E-state index in [0.29, 0.717) is 17.4 Å². The van der Waals surface area contributed by atoms with Crippen LogP contribution in [0.2, 0.25) is 5.02 Å². The summed E-state index contributed by atoms with van der Waals surface area (Å²) in [5.74, 6) is 0.674. The van der Waals surface area contributed by atoms with E-state index in [1.165, 1.54) is 5.56 Å². The molecule has 1 atom stereocenters. The van der Waals surface area contributed by atoms with E-state index in [1.807, 2.05) is 12.1 Å². The number of rotatable bonds is 6. The van der Waals surface area contributed by atoms with E-state index >= 15 is 0 Å². The molecule has 0 fully saturated rings. The Morgan fingerprint density at radius 2 is 1.72 bits per heavy atom. The molecule has 1 N–H and O–H groups in total. The Bertz CT molecular complexity index is 354. The maximum absolute atomic E-state index is 5.93. The largest absolute Gasteiger partial charge is 0.309 e. The molecule has 0 aliphatic carbocycles. The maximum Gasteiger partial charge on any atom is 0.0406 e. The van der Waals surface area contributed by atoms with Gasteiger partial charge in [0.25, 0.3) is 0 Å². The molecule has 0 aliphatic heterocycles. The fraction of sp³-hybridized carbons (Fsp3) is 0.625. The average Bonchev–Trinajstić information content (AvgIpc) is 2.31. The topological polar surface area (TPSA) is 12.0 Å². The minimum absolute atomic E-state index is 0.319. The van der Waals surface area contributed by atoms with Gasteiger partial charge in [-0.3, -0.25) is 0 Å². The van der Waals surface area contributed by atoms with Crippen LogP contribution in [-0.4, -0.2) is 6.54 Å². The van der Waals surface area contributed by atoms with Crippen molar-refractivity contribution in [1.29, 1.82) is 0 Å². The fourth-order valence-electron chi connectivity index (χ4n) is 1.78. The summed E-state index contributed by atoms with van der Waals surface area (Å²) in [6.45, 7) is 12.5. The molecule has 1 aromatic carbocycles. The van der Waals surface area contributed by atoms with Gasteiger partial charge in [-0.15, -0.1) is 0 Å². The molecule has 0 saturated heterocycles. The molecule has 0 aromatic heterocycles. The van der Waals surface area contributed by atoms with Crippen LogP contribution in [0.25, 0.3) is 0 Å². The Morgan fingerprint density at radius 1 is 1.17 bits per heavy atom. The van der Waals surface area contributed by atoms with Gasteiger partial charge < -0.3 is 5.32 Å². The minimum atomic E-state index is 0.319. The molecule has 1 unspecified atom stereocenters. The Labute approximate surface area is 117 Å². The van der Waals surface area contributed by atoms with Gasteiger partial charge in [0.15, 0.2) is 0 Å². The van der Waals surface area contributed by atoms with Gasteiger partial charge in [0.2, 0.25) is 0 Å². The van der Waals surface area contributed by atoms with E-state index in [2.05, 4.69) is 52.1 Å². The fourth-order valence-corrected chi connectivity index (χ4v) is 1.91. The Kier molecular flexibility index (Phi) is 5.68.